The Kier molecular flexibility index (Phi) is 5.96. The first-order valence-corrected chi connectivity index (χ1v) is 8.58. The minimum absolute atomic E-state index is 0.177. The quantitative estimate of drug-likeness (QED) is 0.643. The summed E-state index contributed by atoms with van der Waals surface area (Å²) in [6.07, 6.45) is 2.38. The fourth-order valence-corrected chi connectivity index (χ4v) is 2.79. The van der Waals surface area contributed by atoms with Gasteiger partial charge in [0.15, 0.2) is 11.5 Å². The molecule has 1 N–H and O–H groups in total. The van der Waals surface area contributed by atoms with Crippen LogP contribution in [-0.4, -0.2) is 32.4 Å². The molecule has 0 atom stereocenters. The molecule has 2 aromatic carbocycles. The smallest absolute Gasteiger partial charge is 0.251 e. The molecule has 0 fully saturated rings. The molecule has 2 aromatic rings. The number of ether oxygens (including phenoxy) is 2. The molecule has 0 radical (unpaired) electrons. The van der Waals surface area contributed by atoms with Crippen LogP contribution in [0.5, 0.6) is 11.5 Å². The van der Waals surface area contributed by atoms with Crippen LogP contribution in [0.15, 0.2) is 41.6 Å². The largest absolute Gasteiger partial charge is 0.489 e. The highest BCUT2D eigenvalue weighted by Crippen LogP contribution is 2.37. The third kappa shape index (κ3) is 4.46. The van der Waals surface area contributed by atoms with Gasteiger partial charge in [0.1, 0.15) is 7.11 Å². The fourth-order valence-electron chi connectivity index (χ4n) is 2.50. The van der Waals surface area contributed by atoms with Crippen LogP contribution in [0, 0.1) is 0 Å². The summed E-state index contributed by atoms with van der Waals surface area (Å²) in [5.41, 5.74) is 2.24. The average Bonchev–Trinajstić information content (AvgIpc) is 2.91. The van der Waals surface area contributed by atoms with Gasteiger partial charge < -0.3 is 19.6 Å². The lowest BCUT2D eigenvalue weighted by Gasteiger charge is -2.12. The van der Waals surface area contributed by atoms with Crippen LogP contribution in [0.2, 0.25) is 5.02 Å². The van der Waals surface area contributed by atoms with Gasteiger partial charge in [-0.25, -0.2) is 0 Å². The zero-order valence-electron chi connectivity index (χ0n) is 14.3. The van der Waals surface area contributed by atoms with Crippen molar-refractivity contribution in [3.8, 4) is 11.5 Å². The van der Waals surface area contributed by atoms with E-state index in [0.29, 0.717) is 41.8 Å². The predicted molar refractivity (Wildman–Crippen MR) is 99.3 cm³/mol. The Bertz CT molecular complexity index is 806. The molecule has 1 aliphatic rings. The second-order valence-electron chi connectivity index (χ2n) is 5.68. The van der Waals surface area contributed by atoms with Crippen molar-refractivity contribution in [3.63, 3.8) is 0 Å². The molecular formula is C19H19ClN2O4. The van der Waals surface area contributed by atoms with Crippen molar-refractivity contribution in [2.75, 3.05) is 20.3 Å². The third-order valence-electron chi connectivity index (χ3n) is 3.80. The highest BCUT2D eigenvalue weighted by molar-refractivity contribution is 6.32. The van der Waals surface area contributed by atoms with Crippen LogP contribution in [0.4, 0.5) is 0 Å². The van der Waals surface area contributed by atoms with Gasteiger partial charge in [0.2, 0.25) is 0 Å². The minimum atomic E-state index is -0.177. The van der Waals surface area contributed by atoms with E-state index < -0.39 is 0 Å². The lowest BCUT2D eigenvalue weighted by molar-refractivity contribution is 0.0951. The standard InChI is InChI=1S/C19H19ClN2O4/c1-24-22-12-13-3-5-15(6-4-13)19(23)21-11-14-9-16(20)18-17(10-14)25-7-2-8-26-18/h3-6,9-10,12H,2,7-8,11H2,1H3,(H,21,23)/b22-12+. The molecule has 0 spiro atoms. The minimum Gasteiger partial charge on any atom is -0.489 e. The maximum atomic E-state index is 12.3. The molecular weight excluding hydrogens is 356 g/mol. The number of benzene rings is 2. The van der Waals surface area contributed by atoms with Gasteiger partial charge in [0.05, 0.1) is 24.5 Å². The number of carbonyl (C=O) groups is 1. The molecule has 0 aliphatic carbocycles. The van der Waals surface area contributed by atoms with Crippen molar-refractivity contribution in [2.24, 2.45) is 5.16 Å². The number of rotatable bonds is 5. The lowest BCUT2D eigenvalue weighted by atomic mass is 10.1. The van der Waals surface area contributed by atoms with E-state index >= 15 is 0 Å². The van der Waals surface area contributed by atoms with Crippen LogP contribution in [-0.2, 0) is 11.4 Å². The molecule has 0 aromatic heterocycles. The Morgan fingerprint density at radius 2 is 2.04 bits per heavy atom. The number of nitrogens with zero attached hydrogens (tertiary/aromatic N) is 1. The highest BCUT2D eigenvalue weighted by Gasteiger charge is 2.16. The molecule has 1 amide bonds. The van der Waals surface area contributed by atoms with Gasteiger partial charge in [-0.3, -0.25) is 4.79 Å². The van der Waals surface area contributed by atoms with Crippen molar-refractivity contribution in [1.29, 1.82) is 0 Å². The number of hydrogen-bond acceptors (Lipinski definition) is 5. The molecule has 7 heteroatoms. The summed E-state index contributed by atoms with van der Waals surface area (Å²) in [6, 6.07) is 10.7. The van der Waals surface area contributed by atoms with E-state index in [0.717, 1.165) is 17.5 Å². The first-order valence-electron chi connectivity index (χ1n) is 8.20. The van der Waals surface area contributed by atoms with Gasteiger partial charge in [-0.2, -0.15) is 0 Å². The fraction of sp³-hybridized carbons (Fsp3) is 0.263. The monoisotopic (exact) mass is 374 g/mol. The molecule has 1 aliphatic heterocycles. The number of nitrogens with one attached hydrogen (secondary N) is 1. The molecule has 0 saturated carbocycles. The molecule has 0 bridgehead atoms. The molecule has 1 heterocycles. The van der Waals surface area contributed by atoms with Crippen molar-refractivity contribution < 1.29 is 19.1 Å². The Morgan fingerprint density at radius 1 is 1.27 bits per heavy atom. The zero-order chi connectivity index (χ0) is 18.4. The van der Waals surface area contributed by atoms with E-state index in [9.17, 15) is 4.79 Å². The van der Waals surface area contributed by atoms with Gasteiger partial charge in [-0.05, 0) is 35.4 Å². The molecule has 3 rings (SSSR count). The first kappa shape index (κ1) is 18.1. The molecule has 0 unspecified atom stereocenters. The number of amides is 1. The van der Waals surface area contributed by atoms with Crippen molar-refractivity contribution in [3.05, 3.63) is 58.1 Å². The summed E-state index contributed by atoms with van der Waals surface area (Å²) in [7, 11) is 1.48. The van der Waals surface area contributed by atoms with Crippen molar-refractivity contribution in [2.45, 2.75) is 13.0 Å². The van der Waals surface area contributed by atoms with Crippen molar-refractivity contribution in [1.82, 2.24) is 5.32 Å². The van der Waals surface area contributed by atoms with Gasteiger partial charge in [0, 0.05) is 18.5 Å². The molecule has 136 valence electrons. The van der Waals surface area contributed by atoms with Crippen LogP contribution < -0.4 is 14.8 Å². The zero-order valence-corrected chi connectivity index (χ0v) is 15.1. The van der Waals surface area contributed by atoms with Gasteiger partial charge in [0.25, 0.3) is 5.91 Å². The summed E-state index contributed by atoms with van der Waals surface area (Å²) in [5.74, 6) is 0.997. The number of fused-ring (bicyclic) bond motifs is 1. The Labute approximate surface area is 156 Å². The van der Waals surface area contributed by atoms with Crippen LogP contribution in [0.25, 0.3) is 0 Å². The lowest BCUT2D eigenvalue weighted by Crippen LogP contribution is -2.22. The second-order valence-corrected chi connectivity index (χ2v) is 6.08. The van der Waals surface area contributed by atoms with E-state index in [4.69, 9.17) is 21.1 Å². The second kappa shape index (κ2) is 8.58. The summed E-state index contributed by atoms with van der Waals surface area (Å²) < 4.78 is 11.3. The summed E-state index contributed by atoms with van der Waals surface area (Å²) >= 11 is 6.27. The summed E-state index contributed by atoms with van der Waals surface area (Å²) in [4.78, 5) is 16.9. The maximum Gasteiger partial charge on any atom is 0.251 e. The van der Waals surface area contributed by atoms with E-state index in [1.54, 1.807) is 36.5 Å². The molecule has 6 nitrogen and oxygen atoms in total. The number of hydrogen-bond donors (Lipinski definition) is 1. The SMILES string of the molecule is CO/N=C/c1ccc(C(=O)NCc2cc(Cl)c3c(c2)OCCCO3)cc1. The van der Waals surface area contributed by atoms with E-state index in [-0.39, 0.29) is 5.91 Å². The average molecular weight is 375 g/mol. The van der Waals surface area contributed by atoms with Crippen LogP contribution >= 0.6 is 11.6 Å². The van der Waals surface area contributed by atoms with Gasteiger partial charge >= 0.3 is 0 Å². The van der Waals surface area contributed by atoms with Crippen LogP contribution in [0.3, 0.4) is 0 Å². The predicted octanol–water partition coefficient (Wildman–Crippen LogP) is 3.41. The topological polar surface area (TPSA) is 69.2 Å². The Balaban J connectivity index is 1.65. The van der Waals surface area contributed by atoms with Gasteiger partial charge in [-0.15, -0.1) is 0 Å². The van der Waals surface area contributed by atoms with E-state index in [2.05, 4.69) is 15.3 Å². The summed E-state index contributed by atoms with van der Waals surface area (Å²) in [5, 5.41) is 7.04. The maximum absolute atomic E-state index is 12.3. The molecule has 26 heavy (non-hydrogen) atoms. The van der Waals surface area contributed by atoms with Crippen LogP contribution in [0.1, 0.15) is 27.9 Å². The summed E-state index contributed by atoms with van der Waals surface area (Å²) in [6.45, 7) is 1.49. The number of halogens is 1. The van der Waals surface area contributed by atoms with E-state index in [1.165, 1.54) is 7.11 Å². The highest BCUT2D eigenvalue weighted by atomic mass is 35.5. The number of oxime groups is 1. The van der Waals surface area contributed by atoms with Crippen molar-refractivity contribution >= 4 is 23.7 Å². The number of carbonyl (C=O) groups excluding carboxylic acids is 1. The Morgan fingerprint density at radius 3 is 2.81 bits per heavy atom. The van der Waals surface area contributed by atoms with Gasteiger partial charge in [-0.1, -0.05) is 28.9 Å². The Hall–Kier alpha value is -2.73. The molecule has 0 saturated heterocycles. The third-order valence-corrected chi connectivity index (χ3v) is 4.08. The first-order chi connectivity index (χ1) is 12.7. The van der Waals surface area contributed by atoms with E-state index in [1.807, 2.05) is 6.07 Å². The normalized spacial score (nSPS) is 13.3.